The zero-order valence-corrected chi connectivity index (χ0v) is 11.3. The van der Waals surface area contributed by atoms with Crippen molar-refractivity contribution in [3.8, 4) is 0 Å². The number of nitrogen functional groups attached to an aromatic ring is 1. The molecule has 0 saturated heterocycles. The second-order valence-electron chi connectivity index (χ2n) is 3.99. The Hall–Kier alpha value is -1.89. The van der Waals surface area contributed by atoms with Crippen molar-refractivity contribution >= 4 is 29.6 Å². The molecule has 0 aliphatic rings. The normalized spacial score (nSPS) is 12.2. The number of thioether (sulfide) groups is 1. The molecule has 0 saturated carbocycles. The summed E-state index contributed by atoms with van der Waals surface area (Å²) in [6.07, 6.45) is 3.35. The molecule has 2 aromatic rings. The van der Waals surface area contributed by atoms with E-state index >= 15 is 0 Å². The molecule has 0 unspecified atom stereocenters. The van der Waals surface area contributed by atoms with Crippen LogP contribution in [0.15, 0.2) is 33.7 Å². The predicted octanol–water partition coefficient (Wildman–Crippen LogP) is 4.35. The van der Waals surface area contributed by atoms with Crippen LogP contribution >= 0.6 is 11.8 Å². The van der Waals surface area contributed by atoms with Crippen LogP contribution in [0.2, 0.25) is 0 Å². The Labute approximate surface area is 117 Å². The van der Waals surface area contributed by atoms with Gasteiger partial charge in [-0.3, -0.25) is 0 Å². The van der Waals surface area contributed by atoms with Gasteiger partial charge in [0.15, 0.2) is 5.76 Å². The van der Waals surface area contributed by atoms with Crippen LogP contribution in [0.3, 0.4) is 0 Å². The maximum atomic E-state index is 12.2. The average molecular weight is 300 g/mol. The van der Waals surface area contributed by atoms with E-state index in [1.165, 1.54) is 12.1 Å². The van der Waals surface area contributed by atoms with Crippen molar-refractivity contribution in [3.05, 3.63) is 41.3 Å². The lowest BCUT2D eigenvalue weighted by molar-refractivity contribution is -0.0328. The molecule has 0 aliphatic carbocycles. The molecular weight excluding hydrogens is 289 g/mol. The Morgan fingerprint density at radius 3 is 2.35 bits per heavy atom. The van der Waals surface area contributed by atoms with Gasteiger partial charge in [-0.05, 0) is 42.5 Å². The molecule has 20 heavy (non-hydrogen) atoms. The molecule has 0 aliphatic heterocycles. The van der Waals surface area contributed by atoms with Gasteiger partial charge in [0.05, 0.1) is 0 Å². The summed E-state index contributed by atoms with van der Waals surface area (Å²) in [7, 11) is 0. The van der Waals surface area contributed by atoms with Gasteiger partial charge in [-0.1, -0.05) is 23.4 Å². The number of nitrogens with two attached hydrogens (primary N) is 1. The minimum atomic E-state index is -4.27. The highest BCUT2D eigenvalue weighted by Gasteiger charge is 2.28. The van der Waals surface area contributed by atoms with Crippen LogP contribution in [0, 0.1) is 6.92 Å². The Bertz CT molecular complexity index is 618. The number of rotatable bonds is 3. The zero-order valence-electron chi connectivity index (χ0n) is 10.4. The number of benzene rings is 1. The van der Waals surface area contributed by atoms with Gasteiger partial charge in [0.25, 0.3) is 0 Å². The lowest BCUT2D eigenvalue weighted by atomic mass is 10.2. The second kappa shape index (κ2) is 5.62. The summed E-state index contributed by atoms with van der Waals surface area (Å²) in [6.45, 7) is 1.70. The van der Waals surface area contributed by atoms with Gasteiger partial charge in [0.2, 0.25) is 0 Å². The smallest absolute Gasteiger partial charge is 0.394 e. The van der Waals surface area contributed by atoms with Crippen LogP contribution in [0.1, 0.15) is 17.0 Å². The predicted molar refractivity (Wildman–Crippen MR) is 72.9 cm³/mol. The third-order valence-corrected chi connectivity index (χ3v) is 3.22. The van der Waals surface area contributed by atoms with Crippen LogP contribution in [-0.4, -0.2) is 10.7 Å². The summed E-state index contributed by atoms with van der Waals surface area (Å²) in [5, 5.41) is 3.76. The summed E-state index contributed by atoms with van der Waals surface area (Å²) in [6, 6.07) is 6.01. The quantitative estimate of drug-likeness (QED) is 0.856. The summed E-state index contributed by atoms with van der Waals surface area (Å²) in [5.41, 5.74) is 3.14. The molecule has 0 spiro atoms. The summed E-state index contributed by atoms with van der Waals surface area (Å²) < 4.78 is 41.4. The average Bonchev–Trinajstić information content (AvgIpc) is 2.68. The van der Waals surface area contributed by atoms with E-state index in [-0.39, 0.29) is 16.7 Å². The maximum absolute atomic E-state index is 12.2. The third kappa shape index (κ3) is 3.80. The first-order valence-corrected chi connectivity index (χ1v) is 6.42. The lowest BCUT2D eigenvalue weighted by Gasteiger charge is -2.05. The standard InChI is InChI=1S/C13H11F3N2OS/c1-8-12(17)11(18-19-8)7-4-9-2-5-10(6-3-9)20-13(14,15)16/h2-7H,17H2,1H3/b7-4+. The van der Waals surface area contributed by atoms with E-state index in [4.69, 9.17) is 10.3 Å². The first-order valence-electron chi connectivity index (χ1n) is 5.61. The monoisotopic (exact) mass is 300 g/mol. The number of aryl methyl sites for hydroxylation is 1. The van der Waals surface area contributed by atoms with E-state index < -0.39 is 5.51 Å². The minimum absolute atomic E-state index is 0.142. The molecule has 0 fully saturated rings. The molecule has 1 heterocycles. The van der Waals surface area contributed by atoms with E-state index in [9.17, 15) is 13.2 Å². The van der Waals surface area contributed by atoms with E-state index in [0.717, 1.165) is 5.56 Å². The van der Waals surface area contributed by atoms with Crippen molar-refractivity contribution in [2.24, 2.45) is 0 Å². The van der Waals surface area contributed by atoms with E-state index in [1.54, 1.807) is 31.2 Å². The molecule has 106 valence electrons. The van der Waals surface area contributed by atoms with Gasteiger partial charge in [0.1, 0.15) is 11.4 Å². The van der Waals surface area contributed by atoms with Crippen molar-refractivity contribution in [3.63, 3.8) is 0 Å². The molecule has 7 heteroatoms. The molecule has 1 aromatic carbocycles. The molecular formula is C13H11F3N2OS. The SMILES string of the molecule is Cc1onc(/C=C/c2ccc(SC(F)(F)F)cc2)c1N. The van der Waals surface area contributed by atoms with Crippen molar-refractivity contribution in [1.82, 2.24) is 5.16 Å². The number of alkyl halides is 3. The highest BCUT2D eigenvalue weighted by molar-refractivity contribution is 8.00. The maximum Gasteiger partial charge on any atom is 0.446 e. The molecule has 0 atom stereocenters. The fourth-order valence-electron chi connectivity index (χ4n) is 1.47. The molecule has 2 N–H and O–H groups in total. The largest absolute Gasteiger partial charge is 0.446 e. The van der Waals surface area contributed by atoms with Crippen molar-refractivity contribution in [2.75, 3.05) is 5.73 Å². The Balaban J connectivity index is 2.09. The van der Waals surface area contributed by atoms with Crippen LogP contribution in [0.4, 0.5) is 18.9 Å². The first-order chi connectivity index (χ1) is 9.35. The van der Waals surface area contributed by atoms with E-state index in [0.29, 0.717) is 17.1 Å². The molecule has 0 radical (unpaired) electrons. The number of anilines is 1. The topological polar surface area (TPSA) is 52.0 Å². The van der Waals surface area contributed by atoms with Crippen LogP contribution < -0.4 is 5.73 Å². The highest BCUT2D eigenvalue weighted by Crippen LogP contribution is 2.36. The van der Waals surface area contributed by atoms with Crippen LogP contribution in [0.25, 0.3) is 12.2 Å². The minimum Gasteiger partial charge on any atom is -0.394 e. The summed E-state index contributed by atoms with van der Waals surface area (Å²) in [4.78, 5) is 0.145. The molecule has 0 bridgehead atoms. The van der Waals surface area contributed by atoms with E-state index in [2.05, 4.69) is 5.16 Å². The highest BCUT2D eigenvalue weighted by atomic mass is 32.2. The Morgan fingerprint density at radius 1 is 1.20 bits per heavy atom. The number of halogens is 3. The van der Waals surface area contributed by atoms with Gasteiger partial charge in [-0.2, -0.15) is 13.2 Å². The van der Waals surface area contributed by atoms with E-state index in [1.807, 2.05) is 0 Å². The third-order valence-electron chi connectivity index (χ3n) is 2.48. The first kappa shape index (κ1) is 14.5. The number of hydrogen-bond donors (Lipinski definition) is 1. The van der Waals surface area contributed by atoms with Crippen molar-refractivity contribution in [1.29, 1.82) is 0 Å². The van der Waals surface area contributed by atoms with Crippen LogP contribution in [0.5, 0.6) is 0 Å². The number of aromatic nitrogens is 1. The fourth-order valence-corrected chi connectivity index (χ4v) is 2.01. The van der Waals surface area contributed by atoms with Gasteiger partial charge in [0, 0.05) is 4.90 Å². The van der Waals surface area contributed by atoms with Crippen LogP contribution in [-0.2, 0) is 0 Å². The van der Waals surface area contributed by atoms with Crippen molar-refractivity contribution < 1.29 is 17.7 Å². The Morgan fingerprint density at radius 2 is 1.85 bits per heavy atom. The van der Waals surface area contributed by atoms with Gasteiger partial charge >= 0.3 is 5.51 Å². The summed E-state index contributed by atoms with van der Waals surface area (Å²) in [5.74, 6) is 0.529. The molecule has 2 rings (SSSR count). The van der Waals surface area contributed by atoms with Crippen molar-refractivity contribution in [2.45, 2.75) is 17.3 Å². The summed E-state index contributed by atoms with van der Waals surface area (Å²) >= 11 is -0.142. The van der Waals surface area contributed by atoms with Gasteiger partial charge < -0.3 is 10.3 Å². The Kier molecular flexibility index (Phi) is 4.08. The fraction of sp³-hybridized carbons (Fsp3) is 0.154. The molecule has 1 aromatic heterocycles. The van der Waals surface area contributed by atoms with Gasteiger partial charge in [-0.25, -0.2) is 0 Å². The molecule has 0 amide bonds. The zero-order chi connectivity index (χ0) is 14.8. The number of hydrogen-bond acceptors (Lipinski definition) is 4. The lowest BCUT2D eigenvalue weighted by Crippen LogP contribution is -1.98. The van der Waals surface area contributed by atoms with Gasteiger partial charge in [-0.15, -0.1) is 0 Å². The number of nitrogens with zero attached hydrogens (tertiary/aromatic N) is 1. The second-order valence-corrected chi connectivity index (χ2v) is 5.13. The molecule has 3 nitrogen and oxygen atoms in total.